The maximum absolute atomic E-state index is 11.9. The second-order valence-corrected chi connectivity index (χ2v) is 5.82. The van der Waals surface area contributed by atoms with Crippen molar-refractivity contribution in [2.24, 2.45) is 5.73 Å². The minimum atomic E-state index is -0.304. The monoisotopic (exact) mass is 239 g/mol. The maximum atomic E-state index is 11.9. The van der Waals surface area contributed by atoms with Gasteiger partial charge >= 0.3 is 0 Å². The van der Waals surface area contributed by atoms with Crippen molar-refractivity contribution < 1.29 is 4.79 Å². The number of hydrogen-bond acceptors (Lipinski definition) is 4. The molecule has 2 atom stereocenters. The first-order chi connectivity index (χ1) is 7.41. The van der Waals surface area contributed by atoms with Gasteiger partial charge in [0.2, 0.25) is 5.91 Å². The highest BCUT2D eigenvalue weighted by Gasteiger charge is 2.44. The second-order valence-electron chi connectivity index (χ2n) is 5.04. The summed E-state index contributed by atoms with van der Waals surface area (Å²) in [7, 11) is 0. The standard InChI is InChI=1S/C11H17N3OS/c1-11(2,3)14-9(12)8(10(15)13-14)7-4-5-16-6-7/h4-6,8-9H,12H2,1-3H3,(H,13,15). The third-order valence-electron chi connectivity index (χ3n) is 2.78. The summed E-state index contributed by atoms with van der Waals surface area (Å²) in [4.78, 5) is 11.9. The van der Waals surface area contributed by atoms with Crippen molar-refractivity contribution in [1.82, 2.24) is 10.4 Å². The van der Waals surface area contributed by atoms with Crippen LogP contribution >= 0.6 is 11.3 Å². The molecule has 1 aliphatic rings. The SMILES string of the molecule is CC(C)(C)N1NC(=O)C(c2ccsc2)C1N. The van der Waals surface area contributed by atoms with Gasteiger partial charge < -0.3 is 5.73 Å². The first kappa shape index (κ1) is 11.6. The summed E-state index contributed by atoms with van der Waals surface area (Å²) in [5, 5.41) is 5.78. The molecule has 88 valence electrons. The zero-order valence-corrected chi connectivity index (χ0v) is 10.5. The molecule has 1 aliphatic heterocycles. The number of amides is 1. The lowest BCUT2D eigenvalue weighted by molar-refractivity contribution is -0.123. The molecule has 0 aliphatic carbocycles. The molecule has 0 spiro atoms. The van der Waals surface area contributed by atoms with E-state index >= 15 is 0 Å². The number of carbonyl (C=O) groups is 1. The Morgan fingerprint density at radius 3 is 2.62 bits per heavy atom. The number of carbonyl (C=O) groups excluding carboxylic acids is 1. The van der Waals surface area contributed by atoms with Gasteiger partial charge in [-0.05, 0) is 43.2 Å². The number of nitrogens with zero attached hydrogens (tertiary/aromatic N) is 1. The van der Waals surface area contributed by atoms with E-state index in [2.05, 4.69) is 5.43 Å². The molecule has 1 aromatic rings. The quantitative estimate of drug-likeness (QED) is 0.775. The van der Waals surface area contributed by atoms with Crippen molar-refractivity contribution >= 4 is 17.2 Å². The van der Waals surface area contributed by atoms with Crippen LogP contribution in [0.4, 0.5) is 0 Å². The molecule has 16 heavy (non-hydrogen) atoms. The fraction of sp³-hybridized carbons (Fsp3) is 0.545. The van der Waals surface area contributed by atoms with Crippen LogP contribution in [-0.4, -0.2) is 22.6 Å². The molecular formula is C11H17N3OS. The number of nitrogens with two attached hydrogens (primary N) is 1. The van der Waals surface area contributed by atoms with E-state index in [0.717, 1.165) is 5.56 Å². The lowest BCUT2D eigenvalue weighted by Gasteiger charge is -2.34. The Hall–Kier alpha value is -0.910. The molecule has 1 fully saturated rings. The van der Waals surface area contributed by atoms with Crippen LogP contribution in [0.2, 0.25) is 0 Å². The lowest BCUT2D eigenvalue weighted by Crippen LogP contribution is -2.54. The van der Waals surface area contributed by atoms with Gasteiger partial charge in [-0.1, -0.05) is 0 Å². The summed E-state index contributed by atoms with van der Waals surface area (Å²) in [5.74, 6) is -0.272. The Labute approximate surface area is 99.4 Å². The topological polar surface area (TPSA) is 58.4 Å². The number of thiophene rings is 1. The fourth-order valence-electron chi connectivity index (χ4n) is 1.98. The number of nitrogens with one attached hydrogen (secondary N) is 1. The fourth-order valence-corrected chi connectivity index (χ4v) is 2.68. The predicted octanol–water partition coefficient (Wildman–Crippen LogP) is 1.26. The van der Waals surface area contributed by atoms with Gasteiger partial charge in [-0.15, -0.1) is 0 Å². The third-order valence-corrected chi connectivity index (χ3v) is 3.48. The van der Waals surface area contributed by atoms with Crippen LogP contribution in [0.25, 0.3) is 0 Å². The minimum Gasteiger partial charge on any atom is -0.313 e. The highest BCUT2D eigenvalue weighted by Crippen LogP contribution is 2.30. The first-order valence-corrected chi connectivity index (χ1v) is 6.23. The van der Waals surface area contributed by atoms with E-state index in [1.54, 1.807) is 11.3 Å². The lowest BCUT2D eigenvalue weighted by atomic mass is 9.98. The van der Waals surface area contributed by atoms with Crippen LogP contribution in [0, 0.1) is 0 Å². The summed E-state index contributed by atoms with van der Waals surface area (Å²) in [6.45, 7) is 6.09. The summed E-state index contributed by atoms with van der Waals surface area (Å²) in [6.07, 6.45) is -0.304. The van der Waals surface area contributed by atoms with E-state index in [9.17, 15) is 4.79 Å². The van der Waals surface area contributed by atoms with E-state index in [1.165, 1.54) is 0 Å². The highest BCUT2D eigenvalue weighted by atomic mass is 32.1. The molecule has 3 N–H and O–H groups in total. The summed E-state index contributed by atoms with van der Waals surface area (Å²) in [6, 6.07) is 1.96. The molecule has 2 rings (SSSR count). The van der Waals surface area contributed by atoms with Gasteiger partial charge in [0, 0.05) is 5.54 Å². The van der Waals surface area contributed by atoms with E-state index in [-0.39, 0.29) is 23.5 Å². The Bertz CT molecular complexity index is 382. The summed E-state index contributed by atoms with van der Waals surface area (Å²) in [5.41, 5.74) is 9.83. The van der Waals surface area contributed by atoms with Crippen LogP contribution in [-0.2, 0) is 4.79 Å². The number of hydrogen-bond donors (Lipinski definition) is 2. The zero-order valence-electron chi connectivity index (χ0n) is 9.73. The average molecular weight is 239 g/mol. The van der Waals surface area contributed by atoms with Crippen molar-refractivity contribution in [1.29, 1.82) is 0 Å². The van der Waals surface area contributed by atoms with Crippen LogP contribution < -0.4 is 11.2 Å². The van der Waals surface area contributed by atoms with Crippen molar-refractivity contribution in [2.75, 3.05) is 0 Å². The van der Waals surface area contributed by atoms with Gasteiger partial charge in [0.25, 0.3) is 0 Å². The number of rotatable bonds is 1. The predicted molar refractivity (Wildman–Crippen MR) is 64.8 cm³/mol. The van der Waals surface area contributed by atoms with Crippen molar-refractivity contribution in [3.63, 3.8) is 0 Å². The highest BCUT2D eigenvalue weighted by molar-refractivity contribution is 7.08. The van der Waals surface area contributed by atoms with Crippen LogP contribution in [0.1, 0.15) is 32.3 Å². The van der Waals surface area contributed by atoms with E-state index in [1.807, 2.05) is 42.6 Å². The molecule has 0 radical (unpaired) electrons. The van der Waals surface area contributed by atoms with Gasteiger partial charge in [0.05, 0.1) is 12.1 Å². The molecule has 5 heteroatoms. The summed E-state index contributed by atoms with van der Waals surface area (Å²) < 4.78 is 0. The molecule has 1 aromatic heterocycles. The largest absolute Gasteiger partial charge is 0.313 e. The van der Waals surface area contributed by atoms with Crippen molar-refractivity contribution in [3.8, 4) is 0 Å². The Kier molecular flexibility index (Phi) is 2.77. The van der Waals surface area contributed by atoms with Crippen LogP contribution in [0.15, 0.2) is 16.8 Å². The van der Waals surface area contributed by atoms with Crippen LogP contribution in [0.3, 0.4) is 0 Å². The van der Waals surface area contributed by atoms with Gasteiger partial charge in [-0.2, -0.15) is 16.3 Å². The summed E-state index contributed by atoms with van der Waals surface area (Å²) >= 11 is 1.59. The van der Waals surface area contributed by atoms with Crippen LogP contribution in [0.5, 0.6) is 0 Å². The second kappa shape index (κ2) is 3.84. The Morgan fingerprint density at radius 1 is 1.50 bits per heavy atom. The Morgan fingerprint density at radius 2 is 2.19 bits per heavy atom. The van der Waals surface area contributed by atoms with Gasteiger partial charge in [0.15, 0.2) is 0 Å². The third kappa shape index (κ3) is 1.86. The minimum absolute atomic E-state index is 0.0131. The Balaban J connectivity index is 2.27. The van der Waals surface area contributed by atoms with Gasteiger partial charge in [-0.3, -0.25) is 10.2 Å². The zero-order chi connectivity index (χ0) is 11.9. The van der Waals surface area contributed by atoms with Crippen molar-refractivity contribution in [3.05, 3.63) is 22.4 Å². The molecule has 1 saturated heterocycles. The molecule has 1 amide bonds. The molecule has 0 bridgehead atoms. The van der Waals surface area contributed by atoms with E-state index in [0.29, 0.717) is 0 Å². The van der Waals surface area contributed by atoms with Gasteiger partial charge in [0.1, 0.15) is 0 Å². The van der Waals surface area contributed by atoms with E-state index in [4.69, 9.17) is 5.73 Å². The van der Waals surface area contributed by atoms with Crippen molar-refractivity contribution in [2.45, 2.75) is 38.4 Å². The molecule has 2 heterocycles. The molecule has 0 aromatic carbocycles. The molecule has 0 saturated carbocycles. The first-order valence-electron chi connectivity index (χ1n) is 5.29. The molecule has 4 nitrogen and oxygen atoms in total. The molecular weight excluding hydrogens is 222 g/mol. The van der Waals surface area contributed by atoms with Gasteiger partial charge in [-0.25, -0.2) is 0 Å². The maximum Gasteiger partial charge on any atom is 0.244 e. The average Bonchev–Trinajstić information content (AvgIpc) is 2.72. The number of hydrazine groups is 1. The smallest absolute Gasteiger partial charge is 0.244 e. The van der Waals surface area contributed by atoms with E-state index < -0.39 is 0 Å². The normalized spacial score (nSPS) is 27.1. The molecule has 2 unspecified atom stereocenters.